The van der Waals surface area contributed by atoms with Gasteiger partial charge in [-0.15, -0.1) is 0 Å². The summed E-state index contributed by atoms with van der Waals surface area (Å²) in [7, 11) is 0. The standard InChI is InChI=1S/C22H20N4O4/c1-13-6-7-23-19(9-13)26-14(2)10-16(15(26)3)11-18-20(27)24-22(29)25(21(18)28)12-17-5-4-8-30-17/h4-11H,12H2,1-3H3,(H,24,27,29). The third-order valence-electron chi connectivity index (χ3n) is 4.98. The van der Waals surface area contributed by atoms with Gasteiger partial charge in [-0.1, -0.05) is 0 Å². The van der Waals surface area contributed by atoms with Crippen molar-refractivity contribution in [2.75, 3.05) is 0 Å². The van der Waals surface area contributed by atoms with Gasteiger partial charge in [0.15, 0.2) is 0 Å². The number of rotatable bonds is 4. The minimum Gasteiger partial charge on any atom is -0.467 e. The van der Waals surface area contributed by atoms with Gasteiger partial charge in [-0.25, -0.2) is 9.78 Å². The summed E-state index contributed by atoms with van der Waals surface area (Å²) < 4.78 is 7.18. The van der Waals surface area contributed by atoms with Crippen LogP contribution in [0.4, 0.5) is 4.79 Å². The summed E-state index contributed by atoms with van der Waals surface area (Å²) in [5.41, 5.74) is 3.39. The quantitative estimate of drug-likeness (QED) is 0.532. The van der Waals surface area contributed by atoms with Crippen LogP contribution in [0.15, 0.2) is 52.8 Å². The van der Waals surface area contributed by atoms with E-state index < -0.39 is 17.8 Å². The van der Waals surface area contributed by atoms with Gasteiger partial charge in [0.25, 0.3) is 11.8 Å². The highest BCUT2D eigenvalue weighted by atomic mass is 16.3. The molecule has 30 heavy (non-hydrogen) atoms. The van der Waals surface area contributed by atoms with Crippen LogP contribution in [0.3, 0.4) is 0 Å². The largest absolute Gasteiger partial charge is 0.467 e. The summed E-state index contributed by atoms with van der Waals surface area (Å²) in [5, 5.41) is 2.22. The molecule has 1 saturated heterocycles. The fourth-order valence-corrected chi connectivity index (χ4v) is 3.48. The van der Waals surface area contributed by atoms with E-state index in [9.17, 15) is 14.4 Å². The zero-order valence-electron chi connectivity index (χ0n) is 16.8. The van der Waals surface area contributed by atoms with E-state index in [1.165, 1.54) is 12.3 Å². The van der Waals surface area contributed by atoms with Crippen LogP contribution in [-0.2, 0) is 16.1 Å². The molecule has 0 spiro atoms. The second-order valence-corrected chi connectivity index (χ2v) is 7.14. The SMILES string of the molecule is Cc1ccnc(-n2c(C)cc(C=C3C(=O)NC(=O)N(Cc4ccco4)C3=O)c2C)c1. The van der Waals surface area contributed by atoms with E-state index >= 15 is 0 Å². The first-order valence-corrected chi connectivity index (χ1v) is 9.38. The highest BCUT2D eigenvalue weighted by Gasteiger charge is 2.36. The molecular formula is C22H20N4O4. The molecule has 0 aliphatic carbocycles. The van der Waals surface area contributed by atoms with Crippen LogP contribution >= 0.6 is 0 Å². The summed E-state index contributed by atoms with van der Waals surface area (Å²) in [6.45, 7) is 5.74. The molecule has 1 aliphatic heterocycles. The number of hydrogen-bond acceptors (Lipinski definition) is 5. The molecule has 0 bridgehead atoms. The van der Waals surface area contributed by atoms with Gasteiger partial charge in [0.2, 0.25) is 0 Å². The van der Waals surface area contributed by atoms with E-state index in [1.807, 2.05) is 43.5 Å². The fourth-order valence-electron chi connectivity index (χ4n) is 3.48. The van der Waals surface area contributed by atoms with Crippen molar-refractivity contribution in [1.82, 2.24) is 19.8 Å². The Morgan fingerprint density at radius 2 is 1.93 bits per heavy atom. The van der Waals surface area contributed by atoms with Crippen molar-refractivity contribution in [2.45, 2.75) is 27.3 Å². The maximum absolute atomic E-state index is 12.9. The molecule has 0 saturated carbocycles. The topological polar surface area (TPSA) is 97.4 Å². The summed E-state index contributed by atoms with van der Waals surface area (Å²) >= 11 is 0. The molecule has 1 N–H and O–H groups in total. The van der Waals surface area contributed by atoms with Crippen molar-refractivity contribution in [3.8, 4) is 5.82 Å². The van der Waals surface area contributed by atoms with Crippen LogP contribution in [0.5, 0.6) is 0 Å². The maximum Gasteiger partial charge on any atom is 0.331 e. The highest BCUT2D eigenvalue weighted by Crippen LogP contribution is 2.24. The molecule has 0 unspecified atom stereocenters. The number of carbonyl (C=O) groups excluding carboxylic acids is 3. The second-order valence-electron chi connectivity index (χ2n) is 7.14. The fraction of sp³-hybridized carbons (Fsp3) is 0.182. The first-order chi connectivity index (χ1) is 14.3. The molecule has 0 atom stereocenters. The van der Waals surface area contributed by atoms with Crippen LogP contribution in [0, 0.1) is 20.8 Å². The summed E-state index contributed by atoms with van der Waals surface area (Å²) in [6.07, 6.45) is 4.70. The number of aryl methyl sites for hydroxylation is 2. The number of aromatic nitrogens is 2. The van der Waals surface area contributed by atoms with Crippen LogP contribution in [0.1, 0.15) is 28.3 Å². The van der Waals surface area contributed by atoms with E-state index in [0.29, 0.717) is 11.3 Å². The summed E-state index contributed by atoms with van der Waals surface area (Å²) in [5.74, 6) is -0.197. The molecule has 8 nitrogen and oxygen atoms in total. The van der Waals surface area contributed by atoms with Gasteiger partial charge in [-0.05, 0) is 68.3 Å². The minimum atomic E-state index is -0.770. The average Bonchev–Trinajstić information content (AvgIpc) is 3.30. The first kappa shape index (κ1) is 19.4. The number of pyridine rings is 1. The smallest absolute Gasteiger partial charge is 0.331 e. The lowest BCUT2D eigenvalue weighted by atomic mass is 10.1. The normalized spacial score (nSPS) is 15.8. The number of hydrogen-bond donors (Lipinski definition) is 1. The Labute approximate surface area is 172 Å². The van der Waals surface area contributed by atoms with E-state index in [2.05, 4.69) is 10.3 Å². The molecule has 1 fully saturated rings. The minimum absolute atomic E-state index is 0.0610. The molecule has 152 valence electrons. The maximum atomic E-state index is 12.9. The van der Waals surface area contributed by atoms with Gasteiger partial charge in [0, 0.05) is 17.6 Å². The Balaban J connectivity index is 1.71. The number of carbonyl (C=O) groups is 3. The Bertz CT molecular complexity index is 1190. The molecular weight excluding hydrogens is 384 g/mol. The van der Waals surface area contributed by atoms with Crippen molar-refractivity contribution >= 4 is 23.9 Å². The number of nitrogens with zero attached hydrogens (tertiary/aromatic N) is 3. The number of furan rings is 1. The number of nitrogens with one attached hydrogen (secondary N) is 1. The van der Waals surface area contributed by atoms with Crippen LogP contribution in [0.25, 0.3) is 11.9 Å². The number of barbiturate groups is 1. The molecule has 8 heteroatoms. The third-order valence-corrected chi connectivity index (χ3v) is 4.98. The van der Waals surface area contributed by atoms with Gasteiger partial charge in [-0.3, -0.25) is 19.8 Å². The van der Waals surface area contributed by atoms with Crippen LogP contribution in [0.2, 0.25) is 0 Å². The van der Waals surface area contributed by atoms with Gasteiger partial charge < -0.3 is 8.98 Å². The molecule has 3 aromatic rings. The van der Waals surface area contributed by atoms with Crippen molar-refractivity contribution in [3.05, 3.63) is 76.6 Å². The summed E-state index contributed by atoms with van der Waals surface area (Å²) in [6, 6.07) is 8.30. The molecule has 0 radical (unpaired) electrons. The van der Waals surface area contributed by atoms with E-state index in [0.717, 1.165) is 27.7 Å². The second kappa shape index (κ2) is 7.47. The first-order valence-electron chi connectivity index (χ1n) is 9.38. The molecule has 0 aromatic carbocycles. The lowest BCUT2D eigenvalue weighted by Crippen LogP contribution is -2.53. The predicted molar refractivity (Wildman–Crippen MR) is 109 cm³/mol. The number of imide groups is 2. The molecule has 3 aromatic heterocycles. The number of urea groups is 1. The molecule has 4 amide bonds. The molecule has 4 rings (SSSR count). The average molecular weight is 404 g/mol. The zero-order chi connectivity index (χ0) is 21.4. The van der Waals surface area contributed by atoms with Gasteiger partial charge in [-0.2, -0.15) is 0 Å². The highest BCUT2D eigenvalue weighted by molar-refractivity contribution is 6.31. The Morgan fingerprint density at radius 3 is 2.63 bits per heavy atom. The Morgan fingerprint density at radius 1 is 1.13 bits per heavy atom. The molecule has 4 heterocycles. The van der Waals surface area contributed by atoms with Gasteiger partial charge in [0.1, 0.15) is 17.2 Å². The van der Waals surface area contributed by atoms with E-state index in [-0.39, 0.29) is 12.1 Å². The lowest BCUT2D eigenvalue weighted by molar-refractivity contribution is -0.130. The Kier molecular flexibility index (Phi) is 4.83. The Hall–Kier alpha value is -3.94. The van der Waals surface area contributed by atoms with E-state index in [1.54, 1.807) is 18.3 Å². The van der Waals surface area contributed by atoms with Gasteiger partial charge in [0.05, 0.1) is 12.8 Å². The van der Waals surface area contributed by atoms with Crippen molar-refractivity contribution in [3.63, 3.8) is 0 Å². The number of amides is 4. The summed E-state index contributed by atoms with van der Waals surface area (Å²) in [4.78, 5) is 42.8. The lowest BCUT2D eigenvalue weighted by Gasteiger charge is -2.25. The van der Waals surface area contributed by atoms with Crippen molar-refractivity contribution < 1.29 is 18.8 Å². The monoisotopic (exact) mass is 404 g/mol. The predicted octanol–water partition coefficient (Wildman–Crippen LogP) is 3.05. The third kappa shape index (κ3) is 3.43. The van der Waals surface area contributed by atoms with Crippen molar-refractivity contribution in [2.24, 2.45) is 0 Å². The molecule has 1 aliphatic rings. The van der Waals surface area contributed by atoms with Crippen LogP contribution in [-0.4, -0.2) is 32.3 Å². The van der Waals surface area contributed by atoms with Crippen molar-refractivity contribution in [1.29, 1.82) is 0 Å². The van der Waals surface area contributed by atoms with Gasteiger partial charge >= 0.3 is 6.03 Å². The van der Waals surface area contributed by atoms with Crippen LogP contribution < -0.4 is 5.32 Å². The van der Waals surface area contributed by atoms with E-state index in [4.69, 9.17) is 4.42 Å². The zero-order valence-corrected chi connectivity index (χ0v) is 16.8.